The zero-order valence-corrected chi connectivity index (χ0v) is 20.2. The van der Waals surface area contributed by atoms with Crippen molar-refractivity contribution in [1.82, 2.24) is 5.32 Å². The minimum Gasteiger partial charge on any atom is -0.464 e. The second-order valence-electron chi connectivity index (χ2n) is 8.81. The summed E-state index contributed by atoms with van der Waals surface area (Å²) in [7, 11) is 0. The Labute approximate surface area is 187 Å². The molecule has 0 atom stereocenters. The number of nitrogens with one attached hydrogen (secondary N) is 1. The Kier molecular flexibility index (Phi) is 25.9. The van der Waals surface area contributed by atoms with Gasteiger partial charge in [-0.3, -0.25) is 4.79 Å². The van der Waals surface area contributed by atoms with Crippen molar-refractivity contribution in [1.29, 1.82) is 0 Å². The van der Waals surface area contributed by atoms with Gasteiger partial charge < -0.3 is 15.2 Å². The van der Waals surface area contributed by atoms with Crippen LogP contribution in [0.3, 0.4) is 0 Å². The third-order valence-electron chi connectivity index (χ3n) is 5.81. The van der Waals surface area contributed by atoms with Crippen molar-refractivity contribution in [3.8, 4) is 0 Å². The van der Waals surface area contributed by atoms with Crippen LogP contribution in [-0.2, 0) is 9.53 Å². The molecule has 4 heteroatoms. The Hall–Kier alpha value is -0.610. The van der Waals surface area contributed by atoms with Crippen molar-refractivity contribution in [3.63, 3.8) is 0 Å². The van der Waals surface area contributed by atoms with Gasteiger partial charge in [-0.15, -0.1) is 0 Å². The van der Waals surface area contributed by atoms with Crippen molar-refractivity contribution >= 4 is 5.97 Å². The predicted octanol–water partition coefficient (Wildman–Crippen LogP) is 6.93. The average molecular weight is 428 g/mol. The van der Waals surface area contributed by atoms with Crippen LogP contribution in [-0.4, -0.2) is 37.4 Å². The minimum absolute atomic E-state index is 0.0900. The molecular weight excluding hydrogens is 374 g/mol. The number of hydrogen-bond acceptors (Lipinski definition) is 4. The lowest BCUT2D eigenvalue weighted by atomic mass is 10.0. The molecule has 0 aromatic heterocycles. The first kappa shape index (κ1) is 29.4. The van der Waals surface area contributed by atoms with Crippen LogP contribution in [0.1, 0.15) is 135 Å². The highest BCUT2D eigenvalue weighted by atomic mass is 16.5. The maximum absolute atomic E-state index is 11.6. The van der Waals surface area contributed by atoms with E-state index in [0.29, 0.717) is 26.1 Å². The van der Waals surface area contributed by atoms with Crippen LogP contribution in [0, 0.1) is 0 Å². The predicted molar refractivity (Wildman–Crippen MR) is 129 cm³/mol. The van der Waals surface area contributed by atoms with Gasteiger partial charge in [0.05, 0.1) is 6.61 Å². The van der Waals surface area contributed by atoms with E-state index in [9.17, 15) is 4.79 Å². The summed E-state index contributed by atoms with van der Waals surface area (Å²) in [6, 6.07) is 0. The lowest BCUT2D eigenvalue weighted by molar-refractivity contribution is -0.143. The molecule has 0 aliphatic rings. The summed E-state index contributed by atoms with van der Waals surface area (Å²) in [5.41, 5.74) is 0. The summed E-state index contributed by atoms with van der Waals surface area (Å²) in [5, 5.41) is 11.6. The zero-order valence-electron chi connectivity index (χ0n) is 20.2. The first-order chi connectivity index (χ1) is 14.8. The fraction of sp³-hybridized carbons (Fsp3) is 0.962. The maximum atomic E-state index is 11.6. The Morgan fingerprint density at radius 1 is 0.633 bits per heavy atom. The van der Waals surface area contributed by atoms with Gasteiger partial charge >= 0.3 is 5.97 Å². The molecule has 30 heavy (non-hydrogen) atoms. The molecule has 0 aromatic carbocycles. The summed E-state index contributed by atoms with van der Waals surface area (Å²) in [4.78, 5) is 11.6. The minimum atomic E-state index is -0.0900. The van der Waals surface area contributed by atoms with Crippen LogP contribution < -0.4 is 5.32 Å². The Morgan fingerprint density at radius 2 is 1.03 bits per heavy atom. The zero-order chi connectivity index (χ0) is 22.0. The van der Waals surface area contributed by atoms with Gasteiger partial charge in [-0.25, -0.2) is 0 Å². The topological polar surface area (TPSA) is 58.6 Å². The molecule has 0 aliphatic heterocycles. The molecule has 0 saturated heterocycles. The summed E-state index contributed by atoms with van der Waals surface area (Å²) < 4.78 is 5.14. The highest BCUT2D eigenvalue weighted by Gasteiger charge is 2.02. The van der Waals surface area contributed by atoms with E-state index in [1.54, 1.807) is 0 Å². The van der Waals surface area contributed by atoms with E-state index >= 15 is 0 Å². The summed E-state index contributed by atoms with van der Waals surface area (Å²) in [6.07, 6.45) is 26.5. The Balaban J connectivity index is 3.08. The molecule has 180 valence electrons. The van der Waals surface area contributed by atoms with E-state index < -0.39 is 0 Å². The van der Waals surface area contributed by atoms with Crippen molar-refractivity contribution in [2.45, 2.75) is 135 Å². The van der Waals surface area contributed by atoms with Crippen LogP contribution in [0.2, 0.25) is 0 Å². The normalized spacial score (nSPS) is 11.1. The van der Waals surface area contributed by atoms with E-state index in [4.69, 9.17) is 9.84 Å². The van der Waals surface area contributed by atoms with E-state index in [0.717, 1.165) is 12.8 Å². The molecule has 0 rings (SSSR count). The molecule has 0 unspecified atom stereocenters. The molecule has 0 radical (unpaired) electrons. The smallest absolute Gasteiger partial charge is 0.305 e. The number of esters is 1. The number of rotatable bonds is 25. The van der Waals surface area contributed by atoms with Crippen molar-refractivity contribution in [2.75, 3.05) is 26.3 Å². The second-order valence-corrected chi connectivity index (χ2v) is 8.81. The van der Waals surface area contributed by atoms with Gasteiger partial charge in [0.25, 0.3) is 0 Å². The highest BCUT2D eigenvalue weighted by molar-refractivity contribution is 5.69. The largest absolute Gasteiger partial charge is 0.464 e. The van der Waals surface area contributed by atoms with Gasteiger partial charge in [0.15, 0.2) is 0 Å². The third-order valence-corrected chi connectivity index (χ3v) is 5.81. The SMILES string of the molecule is CCCCCCCCCCCCCCCCCCCCCC(=O)OCCNCCO. The number of unbranched alkanes of at least 4 members (excludes halogenated alkanes) is 18. The number of ether oxygens (including phenoxy) is 1. The molecule has 0 heterocycles. The van der Waals surface area contributed by atoms with Crippen molar-refractivity contribution in [3.05, 3.63) is 0 Å². The van der Waals surface area contributed by atoms with Crippen LogP contribution in [0.25, 0.3) is 0 Å². The number of hydrogen-bond donors (Lipinski definition) is 2. The molecular formula is C26H53NO3. The monoisotopic (exact) mass is 427 g/mol. The molecule has 0 amide bonds. The van der Waals surface area contributed by atoms with Gasteiger partial charge in [-0.1, -0.05) is 122 Å². The van der Waals surface area contributed by atoms with E-state index in [1.807, 2.05) is 0 Å². The highest BCUT2D eigenvalue weighted by Crippen LogP contribution is 2.14. The standard InChI is InChI=1S/C26H53NO3/c1-2-3-4-5-6-7-8-9-10-11-12-13-14-15-16-17-18-19-20-21-26(29)30-25-23-27-22-24-28/h27-28H,2-25H2,1H3. The molecule has 0 fully saturated rings. The molecule has 0 spiro atoms. The van der Waals surface area contributed by atoms with Gasteiger partial charge in [0.1, 0.15) is 6.61 Å². The average Bonchev–Trinajstić information content (AvgIpc) is 2.75. The summed E-state index contributed by atoms with van der Waals surface area (Å²) in [5.74, 6) is -0.0900. The van der Waals surface area contributed by atoms with Crippen LogP contribution >= 0.6 is 0 Å². The fourth-order valence-electron chi connectivity index (χ4n) is 3.86. The van der Waals surface area contributed by atoms with Crippen molar-refractivity contribution < 1.29 is 14.6 Å². The molecule has 0 saturated carbocycles. The maximum Gasteiger partial charge on any atom is 0.305 e. The molecule has 2 N–H and O–H groups in total. The first-order valence-electron chi connectivity index (χ1n) is 13.3. The number of aliphatic hydroxyl groups excluding tert-OH is 1. The number of carbonyl (C=O) groups excluding carboxylic acids is 1. The van der Waals surface area contributed by atoms with Crippen LogP contribution in [0.4, 0.5) is 0 Å². The Morgan fingerprint density at radius 3 is 1.43 bits per heavy atom. The molecule has 0 aromatic rings. The van der Waals surface area contributed by atoms with E-state index in [2.05, 4.69) is 12.2 Å². The summed E-state index contributed by atoms with van der Waals surface area (Å²) >= 11 is 0. The molecule has 4 nitrogen and oxygen atoms in total. The van der Waals surface area contributed by atoms with E-state index in [-0.39, 0.29) is 12.6 Å². The first-order valence-corrected chi connectivity index (χ1v) is 13.3. The van der Waals surface area contributed by atoms with Crippen LogP contribution in [0.15, 0.2) is 0 Å². The molecule has 0 bridgehead atoms. The van der Waals surface area contributed by atoms with Gasteiger partial charge in [0, 0.05) is 19.5 Å². The van der Waals surface area contributed by atoms with Gasteiger partial charge in [0.2, 0.25) is 0 Å². The van der Waals surface area contributed by atoms with E-state index in [1.165, 1.54) is 109 Å². The lowest BCUT2D eigenvalue weighted by Crippen LogP contribution is -2.24. The molecule has 0 aliphatic carbocycles. The second kappa shape index (κ2) is 26.4. The number of carbonyl (C=O) groups is 1. The fourth-order valence-corrected chi connectivity index (χ4v) is 3.86. The lowest BCUT2D eigenvalue weighted by Gasteiger charge is -2.06. The summed E-state index contributed by atoms with van der Waals surface area (Å²) in [6.45, 7) is 3.97. The van der Waals surface area contributed by atoms with Crippen molar-refractivity contribution in [2.24, 2.45) is 0 Å². The number of aliphatic hydroxyl groups is 1. The third kappa shape index (κ3) is 25.4. The van der Waals surface area contributed by atoms with Gasteiger partial charge in [-0.2, -0.15) is 0 Å². The quantitative estimate of drug-likeness (QED) is 0.122. The van der Waals surface area contributed by atoms with Crippen LogP contribution in [0.5, 0.6) is 0 Å². The Bertz CT molecular complexity index is 336. The van der Waals surface area contributed by atoms with Gasteiger partial charge in [-0.05, 0) is 6.42 Å².